The molecule has 0 aliphatic carbocycles. The van der Waals surface area contributed by atoms with Crippen LogP contribution in [0.25, 0.3) is 0 Å². The number of benzene rings is 2. The first-order valence-electron chi connectivity index (χ1n) is 8.08. The van der Waals surface area contributed by atoms with Crippen molar-refractivity contribution < 1.29 is 23.9 Å². The van der Waals surface area contributed by atoms with Crippen LogP contribution in [0, 0.1) is 5.82 Å². The summed E-state index contributed by atoms with van der Waals surface area (Å²) in [6, 6.07) is 12.8. The highest BCUT2D eigenvalue weighted by Gasteiger charge is 2.34. The van der Waals surface area contributed by atoms with Gasteiger partial charge in [0, 0.05) is 18.7 Å². The molecule has 2 aromatic rings. The second-order valence-electron chi connectivity index (χ2n) is 6.11. The lowest BCUT2D eigenvalue weighted by Crippen LogP contribution is -2.41. The third kappa shape index (κ3) is 3.88. The van der Waals surface area contributed by atoms with Gasteiger partial charge in [-0.15, -0.1) is 0 Å². The molecule has 6 nitrogen and oxygen atoms in total. The minimum Gasteiger partial charge on any atom is -0.480 e. The van der Waals surface area contributed by atoms with E-state index in [-0.39, 0.29) is 18.7 Å². The molecule has 3 rings (SSSR count). The zero-order valence-corrected chi connectivity index (χ0v) is 13.8. The molecule has 7 heteroatoms. The highest BCUT2D eigenvalue weighted by molar-refractivity contribution is 6.01. The molecule has 2 N–H and O–H groups in total. The van der Waals surface area contributed by atoms with Crippen molar-refractivity contribution in [2.75, 3.05) is 11.9 Å². The van der Waals surface area contributed by atoms with Crippen LogP contribution in [0.4, 0.5) is 10.1 Å². The minimum atomic E-state index is -1.14. The molecule has 0 fully saturated rings. The van der Waals surface area contributed by atoms with E-state index in [1.807, 2.05) is 6.07 Å². The van der Waals surface area contributed by atoms with Crippen molar-refractivity contribution in [2.24, 2.45) is 0 Å². The summed E-state index contributed by atoms with van der Waals surface area (Å²) in [5.74, 6) is -3.39. The molecule has 2 amide bonds. The Balaban J connectivity index is 1.91. The molecule has 0 unspecified atom stereocenters. The maximum Gasteiger partial charge on any atom is 0.323 e. The average Bonchev–Trinajstić information content (AvgIpc) is 2.60. The molecule has 0 radical (unpaired) electrons. The summed E-state index contributed by atoms with van der Waals surface area (Å²) < 4.78 is 13.4. The molecule has 26 heavy (non-hydrogen) atoms. The number of hydrogen-bond acceptors (Lipinski definition) is 3. The maximum absolute atomic E-state index is 13.4. The van der Waals surface area contributed by atoms with Gasteiger partial charge >= 0.3 is 5.97 Å². The number of fused-ring (bicyclic) bond motifs is 1. The normalized spacial score (nSPS) is 15.7. The molecule has 0 saturated heterocycles. The number of carbonyl (C=O) groups excluding carboxylic acids is 2. The SMILES string of the molecule is O=C(O)CN(Cc1ccccc1)C(=O)[C@@H]1CC(=O)Nc2cc(F)ccc21. The smallest absolute Gasteiger partial charge is 0.323 e. The van der Waals surface area contributed by atoms with Gasteiger partial charge in [0.2, 0.25) is 11.8 Å². The standard InChI is InChI=1S/C19H17FN2O4/c20-13-6-7-14-15(9-17(23)21-16(14)8-13)19(26)22(11-18(24)25)10-12-4-2-1-3-5-12/h1-8,15H,9-11H2,(H,21,23)(H,24,25)/t15-/m1/s1. The largest absolute Gasteiger partial charge is 0.480 e. The molecule has 1 heterocycles. The number of anilines is 1. The van der Waals surface area contributed by atoms with Crippen LogP contribution in [-0.2, 0) is 20.9 Å². The molecule has 1 aliphatic rings. The maximum atomic E-state index is 13.4. The van der Waals surface area contributed by atoms with E-state index in [1.54, 1.807) is 24.3 Å². The summed E-state index contributed by atoms with van der Waals surface area (Å²) in [6.07, 6.45) is -0.109. The lowest BCUT2D eigenvalue weighted by atomic mass is 9.89. The Morgan fingerprint density at radius 2 is 1.92 bits per heavy atom. The van der Waals surface area contributed by atoms with Gasteiger partial charge in [0.25, 0.3) is 0 Å². The van der Waals surface area contributed by atoms with E-state index in [0.717, 1.165) is 11.6 Å². The number of halogens is 1. The van der Waals surface area contributed by atoms with Gasteiger partial charge in [-0.2, -0.15) is 0 Å². The fourth-order valence-electron chi connectivity index (χ4n) is 3.06. The molecule has 134 valence electrons. The first-order valence-corrected chi connectivity index (χ1v) is 8.08. The summed E-state index contributed by atoms with van der Waals surface area (Å²) in [4.78, 5) is 37.4. The number of nitrogens with zero attached hydrogens (tertiary/aromatic N) is 1. The Bertz CT molecular complexity index is 854. The average molecular weight is 356 g/mol. The van der Waals surface area contributed by atoms with E-state index in [0.29, 0.717) is 5.56 Å². The monoisotopic (exact) mass is 356 g/mol. The third-order valence-electron chi connectivity index (χ3n) is 4.21. The quantitative estimate of drug-likeness (QED) is 0.861. The molecule has 1 atom stereocenters. The Kier molecular flexibility index (Phi) is 4.97. The van der Waals surface area contributed by atoms with Gasteiger partial charge in [0.1, 0.15) is 12.4 Å². The molecule has 2 aromatic carbocycles. The number of aliphatic carboxylic acids is 1. The number of amides is 2. The molecule has 0 spiro atoms. The van der Waals surface area contributed by atoms with Gasteiger partial charge in [-0.25, -0.2) is 4.39 Å². The van der Waals surface area contributed by atoms with Gasteiger partial charge in [-0.3, -0.25) is 14.4 Å². The van der Waals surface area contributed by atoms with Crippen LogP contribution in [0.3, 0.4) is 0 Å². The number of carboxylic acid groups (broad SMARTS) is 1. The predicted octanol–water partition coefficient (Wildman–Crippen LogP) is 2.36. The van der Waals surface area contributed by atoms with Gasteiger partial charge < -0.3 is 15.3 Å². The first kappa shape index (κ1) is 17.6. The van der Waals surface area contributed by atoms with Crippen LogP contribution in [-0.4, -0.2) is 34.3 Å². The first-order chi connectivity index (χ1) is 12.4. The molecule has 0 aromatic heterocycles. The highest BCUT2D eigenvalue weighted by Crippen LogP contribution is 2.34. The summed E-state index contributed by atoms with van der Waals surface area (Å²) >= 11 is 0. The van der Waals surface area contributed by atoms with Crippen molar-refractivity contribution in [1.29, 1.82) is 0 Å². The van der Waals surface area contributed by atoms with E-state index in [2.05, 4.69) is 5.32 Å². The van der Waals surface area contributed by atoms with E-state index in [1.165, 1.54) is 17.0 Å². The lowest BCUT2D eigenvalue weighted by molar-refractivity contribution is -0.146. The second-order valence-corrected chi connectivity index (χ2v) is 6.11. The third-order valence-corrected chi connectivity index (χ3v) is 4.21. The fraction of sp³-hybridized carbons (Fsp3) is 0.211. The topological polar surface area (TPSA) is 86.7 Å². The van der Waals surface area contributed by atoms with Crippen molar-refractivity contribution in [2.45, 2.75) is 18.9 Å². The number of hydrogen-bond donors (Lipinski definition) is 2. The molecular formula is C19H17FN2O4. The van der Waals surface area contributed by atoms with Crippen molar-refractivity contribution in [1.82, 2.24) is 4.90 Å². The number of nitrogens with one attached hydrogen (secondary N) is 1. The molecule has 0 saturated carbocycles. The Hall–Kier alpha value is -3.22. The van der Waals surface area contributed by atoms with Gasteiger partial charge in [-0.1, -0.05) is 36.4 Å². The Morgan fingerprint density at radius 1 is 1.19 bits per heavy atom. The highest BCUT2D eigenvalue weighted by atomic mass is 19.1. The van der Waals surface area contributed by atoms with Crippen molar-refractivity contribution in [3.05, 3.63) is 65.5 Å². The van der Waals surface area contributed by atoms with Gasteiger partial charge in [0.05, 0.1) is 5.92 Å². The van der Waals surface area contributed by atoms with Crippen molar-refractivity contribution in [3.63, 3.8) is 0 Å². The predicted molar refractivity (Wildman–Crippen MR) is 91.9 cm³/mol. The van der Waals surface area contributed by atoms with Crippen LogP contribution in [0.15, 0.2) is 48.5 Å². The number of carboxylic acids is 1. The lowest BCUT2D eigenvalue weighted by Gasteiger charge is -2.30. The van der Waals surface area contributed by atoms with Crippen LogP contribution < -0.4 is 5.32 Å². The van der Waals surface area contributed by atoms with Crippen LogP contribution in [0.5, 0.6) is 0 Å². The van der Waals surface area contributed by atoms with E-state index >= 15 is 0 Å². The summed E-state index contributed by atoms with van der Waals surface area (Å²) in [5.41, 5.74) is 1.51. The fourth-order valence-corrected chi connectivity index (χ4v) is 3.06. The van der Waals surface area contributed by atoms with Gasteiger partial charge in [0.15, 0.2) is 0 Å². The zero-order chi connectivity index (χ0) is 18.7. The minimum absolute atomic E-state index is 0.109. The Morgan fingerprint density at radius 3 is 2.62 bits per heavy atom. The summed E-state index contributed by atoms with van der Waals surface area (Å²) in [6.45, 7) is -0.372. The Labute approximate surface area is 149 Å². The van der Waals surface area contributed by atoms with Crippen molar-refractivity contribution in [3.8, 4) is 0 Å². The van der Waals surface area contributed by atoms with Crippen LogP contribution in [0.2, 0.25) is 0 Å². The van der Waals surface area contributed by atoms with Crippen LogP contribution in [0.1, 0.15) is 23.5 Å². The second kappa shape index (κ2) is 7.35. The van der Waals surface area contributed by atoms with Crippen molar-refractivity contribution >= 4 is 23.5 Å². The van der Waals surface area contributed by atoms with Gasteiger partial charge in [-0.05, 0) is 23.3 Å². The summed E-state index contributed by atoms with van der Waals surface area (Å²) in [5, 5.41) is 11.7. The molecule has 1 aliphatic heterocycles. The number of rotatable bonds is 5. The summed E-state index contributed by atoms with van der Waals surface area (Å²) in [7, 11) is 0. The molecule has 0 bridgehead atoms. The van der Waals surface area contributed by atoms with E-state index in [4.69, 9.17) is 0 Å². The van der Waals surface area contributed by atoms with Crippen LogP contribution >= 0.6 is 0 Å². The van der Waals surface area contributed by atoms with E-state index < -0.39 is 36.1 Å². The number of carbonyl (C=O) groups is 3. The van der Waals surface area contributed by atoms with E-state index in [9.17, 15) is 23.9 Å². The zero-order valence-electron chi connectivity index (χ0n) is 13.8. The molecular weight excluding hydrogens is 339 g/mol.